The van der Waals surface area contributed by atoms with Gasteiger partial charge in [-0.05, 0) is 44.9 Å². The van der Waals surface area contributed by atoms with Crippen LogP contribution in [-0.2, 0) is 32.7 Å². The fraction of sp³-hybridized carbons (Fsp3) is 0.830. The highest BCUT2D eigenvalue weighted by molar-refractivity contribution is 7.47. The molecule has 0 amide bonds. The zero-order chi connectivity index (χ0) is 42.6. The highest BCUT2D eigenvalue weighted by Gasteiger charge is 2.27. The second-order valence-electron chi connectivity index (χ2n) is 15.8. The number of ether oxygens (including phenoxy) is 2. The van der Waals surface area contributed by atoms with Gasteiger partial charge in [-0.2, -0.15) is 0 Å². The van der Waals surface area contributed by atoms with Gasteiger partial charge in [-0.15, -0.1) is 0 Å². The molecular formula is C47H87O10P. The summed E-state index contributed by atoms with van der Waals surface area (Å²) in [6.45, 7) is 2.35. The first-order valence-electron chi connectivity index (χ1n) is 23.4. The fourth-order valence-electron chi connectivity index (χ4n) is 6.42. The lowest BCUT2D eigenvalue weighted by Crippen LogP contribution is -2.29. The Labute approximate surface area is 354 Å². The van der Waals surface area contributed by atoms with Gasteiger partial charge in [0.05, 0.1) is 19.8 Å². The van der Waals surface area contributed by atoms with Gasteiger partial charge in [0.15, 0.2) is 6.10 Å². The Morgan fingerprint density at radius 2 is 0.914 bits per heavy atom. The second-order valence-corrected chi connectivity index (χ2v) is 17.2. The molecule has 3 N–H and O–H groups in total. The molecule has 0 aliphatic rings. The van der Waals surface area contributed by atoms with Crippen LogP contribution >= 0.6 is 7.82 Å². The van der Waals surface area contributed by atoms with Crippen LogP contribution in [0.4, 0.5) is 0 Å². The van der Waals surface area contributed by atoms with Crippen molar-refractivity contribution in [2.75, 3.05) is 26.4 Å². The first kappa shape index (κ1) is 56.2. The first-order valence-corrected chi connectivity index (χ1v) is 24.9. The lowest BCUT2D eigenvalue weighted by Gasteiger charge is -2.20. The number of carbonyl (C=O) groups is 2. The van der Waals surface area contributed by atoms with Gasteiger partial charge >= 0.3 is 19.8 Å². The molecule has 10 nitrogen and oxygen atoms in total. The first-order chi connectivity index (χ1) is 28.2. The monoisotopic (exact) mass is 843 g/mol. The number of aliphatic hydroxyl groups excluding tert-OH is 2. The van der Waals surface area contributed by atoms with Crippen LogP contribution in [0.25, 0.3) is 0 Å². The molecule has 1 unspecified atom stereocenters. The molecule has 0 aliphatic heterocycles. The minimum Gasteiger partial charge on any atom is -0.462 e. The van der Waals surface area contributed by atoms with Crippen LogP contribution in [0.1, 0.15) is 213 Å². The maximum Gasteiger partial charge on any atom is 0.472 e. The predicted molar refractivity (Wildman–Crippen MR) is 238 cm³/mol. The summed E-state index contributed by atoms with van der Waals surface area (Å²) in [6.07, 6.45) is 45.5. The maximum atomic E-state index is 12.6. The molecule has 0 aromatic heterocycles. The van der Waals surface area contributed by atoms with Gasteiger partial charge in [0, 0.05) is 12.8 Å². The number of unbranched alkanes of at least 4 members (excludes halogenated alkanes) is 24. The van der Waals surface area contributed by atoms with E-state index in [0.29, 0.717) is 19.3 Å². The Kier molecular flexibility index (Phi) is 41.9. The van der Waals surface area contributed by atoms with E-state index in [1.54, 1.807) is 0 Å². The van der Waals surface area contributed by atoms with Crippen molar-refractivity contribution in [2.45, 2.75) is 225 Å². The van der Waals surface area contributed by atoms with Crippen LogP contribution < -0.4 is 0 Å². The number of allylic oxidation sites excluding steroid dienone is 6. The summed E-state index contributed by atoms with van der Waals surface area (Å²) in [4.78, 5) is 35.0. The smallest absolute Gasteiger partial charge is 0.462 e. The number of esters is 2. The number of carbonyl (C=O) groups excluding carboxylic acids is 2. The maximum absolute atomic E-state index is 12.6. The molecule has 0 spiro atoms. The highest BCUT2D eigenvalue weighted by Crippen LogP contribution is 2.43. The lowest BCUT2D eigenvalue weighted by atomic mass is 10.0. The van der Waals surface area contributed by atoms with E-state index >= 15 is 0 Å². The van der Waals surface area contributed by atoms with Gasteiger partial charge < -0.3 is 24.6 Å². The number of aliphatic hydroxyl groups is 2. The SMILES string of the molecule is CCCCCCCC/C=C/C/C=C/C/C=C/CCCC(=O)OC[C@H](COP(=O)(O)OC[C@@H](O)CO)OC(=O)CCCCCCCCCCCCCCCCCCCC. The molecule has 0 bridgehead atoms. The van der Waals surface area contributed by atoms with Crippen molar-refractivity contribution in [3.8, 4) is 0 Å². The van der Waals surface area contributed by atoms with E-state index in [0.717, 1.165) is 38.5 Å². The van der Waals surface area contributed by atoms with Crippen LogP contribution in [0.15, 0.2) is 36.5 Å². The summed E-state index contributed by atoms with van der Waals surface area (Å²) in [5.74, 6) is -0.978. The molecule has 11 heteroatoms. The van der Waals surface area contributed by atoms with Gasteiger partial charge in [0.1, 0.15) is 12.7 Å². The third-order valence-corrected chi connectivity index (χ3v) is 11.0. The quantitative estimate of drug-likeness (QED) is 0.0234. The van der Waals surface area contributed by atoms with Crippen molar-refractivity contribution in [1.82, 2.24) is 0 Å². The van der Waals surface area contributed by atoms with Crippen molar-refractivity contribution in [3.63, 3.8) is 0 Å². The molecule has 58 heavy (non-hydrogen) atoms. The van der Waals surface area contributed by atoms with Gasteiger partial charge in [0.2, 0.25) is 0 Å². The van der Waals surface area contributed by atoms with Gasteiger partial charge in [-0.25, -0.2) is 4.57 Å². The van der Waals surface area contributed by atoms with E-state index in [1.165, 1.54) is 128 Å². The zero-order valence-electron chi connectivity index (χ0n) is 37.0. The molecule has 0 radical (unpaired) electrons. The topological polar surface area (TPSA) is 149 Å². The fourth-order valence-corrected chi connectivity index (χ4v) is 7.21. The van der Waals surface area contributed by atoms with Crippen LogP contribution in [0, 0.1) is 0 Å². The van der Waals surface area contributed by atoms with Gasteiger partial charge in [-0.1, -0.05) is 192 Å². The molecule has 0 aliphatic carbocycles. The summed E-state index contributed by atoms with van der Waals surface area (Å²) < 4.78 is 32.7. The van der Waals surface area contributed by atoms with E-state index in [1.807, 2.05) is 6.08 Å². The Morgan fingerprint density at radius 1 is 0.517 bits per heavy atom. The molecule has 0 aromatic rings. The third kappa shape index (κ3) is 42.3. The summed E-state index contributed by atoms with van der Waals surface area (Å²) in [5, 5.41) is 18.4. The summed E-state index contributed by atoms with van der Waals surface area (Å²) >= 11 is 0. The number of hydrogen-bond acceptors (Lipinski definition) is 9. The molecular weight excluding hydrogens is 755 g/mol. The van der Waals surface area contributed by atoms with E-state index in [4.69, 9.17) is 23.6 Å². The normalized spacial score (nSPS) is 14.1. The Hall–Kier alpha value is -1.81. The van der Waals surface area contributed by atoms with Crippen LogP contribution in [0.5, 0.6) is 0 Å². The summed E-state index contributed by atoms with van der Waals surface area (Å²) in [5.41, 5.74) is 0. The van der Waals surface area contributed by atoms with Gasteiger partial charge in [-0.3, -0.25) is 18.6 Å². The number of phosphoric acid groups is 1. The summed E-state index contributed by atoms with van der Waals surface area (Å²) in [6, 6.07) is 0. The van der Waals surface area contributed by atoms with Gasteiger partial charge in [0.25, 0.3) is 0 Å². The van der Waals surface area contributed by atoms with Crippen molar-refractivity contribution < 1.29 is 47.8 Å². The van der Waals surface area contributed by atoms with E-state index < -0.39 is 51.8 Å². The van der Waals surface area contributed by atoms with Crippen LogP contribution in [0.3, 0.4) is 0 Å². The number of rotatable bonds is 44. The largest absolute Gasteiger partial charge is 0.472 e. The average molecular weight is 843 g/mol. The molecule has 0 saturated carbocycles. The Morgan fingerprint density at radius 3 is 1.40 bits per heavy atom. The molecule has 0 aromatic carbocycles. The Balaban J connectivity index is 4.30. The van der Waals surface area contributed by atoms with E-state index in [9.17, 15) is 24.2 Å². The number of phosphoric ester groups is 1. The van der Waals surface area contributed by atoms with Crippen molar-refractivity contribution in [3.05, 3.63) is 36.5 Å². The van der Waals surface area contributed by atoms with Crippen molar-refractivity contribution >= 4 is 19.8 Å². The third-order valence-electron chi connectivity index (χ3n) is 10.0. The second kappa shape index (κ2) is 43.3. The van der Waals surface area contributed by atoms with Crippen LogP contribution in [0.2, 0.25) is 0 Å². The molecule has 340 valence electrons. The molecule has 0 fully saturated rings. The Bertz CT molecular complexity index is 1060. The van der Waals surface area contributed by atoms with E-state index in [-0.39, 0.29) is 19.4 Å². The highest BCUT2D eigenvalue weighted by atomic mass is 31.2. The molecule has 0 saturated heterocycles. The molecule has 0 heterocycles. The van der Waals surface area contributed by atoms with E-state index in [2.05, 4.69) is 44.2 Å². The minimum atomic E-state index is -4.63. The average Bonchev–Trinajstić information content (AvgIpc) is 3.21. The minimum absolute atomic E-state index is 0.172. The lowest BCUT2D eigenvalue weighted by molar-refractivity contribution is -0.161. The standard InChI is InChI=1S/C47H87O10P/c1-3-5-7-9-11-13-15-17-19-21-23-25-27-29-31-33-35-37-39-47(51)57-45(43-56-58(52,53)55-41-44(49)40-48)42-54-46(50)38-36-34-32-30-28-26-24-22-20-18-16-14-12-10-8-6-4-2/h18,20,24,26,30,32,44-45,48-49H,3-17,19,21-23,25,27-29,31,33-43H2,1-2H3,(H,52,53)/b20-18+,26-24+,32-30+/t44-,45+/m0/s1. The molecule has 0 rings (SSSR count). The van der Waals surface area contributed by atoms with Crippen molar-refractivity contribution in [2.24, 2.45) is 0 Å². The number of hydrogen-bond donors (Lipinski definition) is 3. The molecule has 3 atom stereocenters. The summed E-state index contributed by atoms with van der Waals surface area (Å²) in [7, 11) is -4.63. The zero-order valence-corrected chi connectivity index (χ0v) is 37.9. The predicted octanol–water partition coefficient (Wildman–Crippen LogP) is 12.7. The van der Waals surface area contributed by atoms with Crippen LogP contribution in [-0.4, -0.2) is 65.7 Å². The van der Waals surface area contributed by atoms with Crippen molar-refractivity contribution in [1.29, 1.82) is 0 Å².